The highest BCUT2D eigenvalue weighted by molar-refractivity contribution is 5.69. The molecule has 0 spiro atoms. The summed E-state index contributed by atoms with van der Waals surface area (Å²) in [5.74, 6) is -0.410. The first kappa shape index (κ1) is 50.5. The van der Waals surface area contributed by atoms with Crippen LogP contribution in [0.4, 0.5) is 0 Å². The van der Waals surface area contributed by atoms with E-state index in [-0.39, 0.29) is 25.0 Å². The predicted molar refractivity (Wildman–Crippen MR) is 191 cm³/mol. The molecule has 0 rings (SSSR count). The molecule has 310 valence electrons. The Bertz CT molecular complexity index is 718. The maximum Gasteiger partial charge on any atom is 0.308 e. The van der Waals surface area contributed by atoms with Crippen molar-refractivity contribution in [2.75, 3.05) is 172 Å². The molecule has 52 heavy (non-hydrogen) atoms. The highest BCUT2D eigenvalue weighted by Gasteiger charge is 2.03. The lowest BCUT2D eigenvalue weighted by Gasteiger charge is -2.09. The quantitative estimate of drug-likeness (QED) is 0.0657. The molecule has 0 aliphatic rings. The summed E-state index contributed by atoms with van der Waals surface area (Å²) in [5.41, 5.74) is 0. The first-order valence-electron chi connectivity index (χ1n) is 18.9. The van der Waals surface area contributed by atoms with Gasteiger partial charge in [0, 0.05) is 6.42 Å². The lowest BCUT2D eigenvalue weighted by molar-refractivity contribution is -0.146. The monoisotopic (exact) mass is 758 g/mol. The minimum absolute atomic E-state index is 0.156. The lowest BCUT2D eigenvalue weighted by atomic mass is 10.2. The first-order chi connectivity index (χ1) is 25.7. The maximum absolute atomic E-state index is 11.6. The van der Waals surface area contributed by atoms with Crippen LogP contribution in [0.15, 0.2) is 0 Å². The summed E-state index contributed by atoms with van der Waals surface area (Å²) in [6.45, 7) is 15.8. The summed E-state index contributed by atoms with van der Waals surface area (Å²) in [6, 6.07) is 0. The van der Waals surface area contributed by atoms with E-state index in [0.717, 1.165) is 25.7 Å². The molecule has 0 radical (unpaired) electrons. The van der Waals surface area contributed by atoms with E-state index in [1.807, 2.05) is 0 Å². The van der Waals surface area contributed by atoms with Crippen LogP contribution >= 0.6 is 0 Å². The normalized spacial score (nSPS) is 11.3. The topological polar surface area (TPSA) is 163 Å². The second-order valence-electron chi connectivity index (χ2n) is 10.9. The minimum Gasteiger partial charge on any atom is -0.466 e. The highest BCUT2D eigenvalue weighted by atomic mass is 16.6. The van der Waals surface area contributed by atoms with Gasteiger partial charge in [-0.1, -0.05) is 26.2 Å². The van der Waals surface area contributed by atoms with E-state index in [4.69, 9.17) is 66.3 Å². The van der Waals surface area contributed by atoms with Crippen molar-refractivity contribution in [2.24, 2.45) is 0 Å². The number of unbranched alkanes of at least 4 members (excludes halogenated alkanes) is 3. The van der Waals surface area contributed by atoms with E-state index in [1.165, 1.54) is 0 Å². The number of ether oxygens (including phenoxy) is 14. The fourth-order valence-corrected chi connectivity index (χ4v) is 3.89. The fourth-order valence-electron chi connectivity index (χ4n) is 3.89. The molecular weight excluding hydrogens is 688 g/mol. The van der Waals surface area contributed by atoms with Gasteiger partial charge >= 0.3 is 11.9 Å². The molecule has 0 fully saturated rings. The number of hydrogen-bond acceptors (Lipinski definition) is 16. The third-order valence-electron chi connectivity index (χ3n) is 6.57. The number of rotatable bonds is 45. The van der Waals surface area contributed by atoms with Crippen LogP contribution in [0.3, 0.4) is 0 Å². The average molecular weight is 759 g/mol. The predicted octanol–water partition coefficient (Wildman–Crippen LogP) is 2.65. The van der Waals surface area contributed by atoms with Gasteiger partial charge in [0.2, 0.25) is 0 Å². The third kappa shape index (κ3) is 44.6. The molecule has 0 bridgehead atoms. The Kier molecular flexibility index (Phi) is 44.3. The van der Waals surface area contributed by atoms with E-state index in [0.29, 0.717) is 172 Å². The molecule has 0 aliphatic heterocycles. The Morgan fingerprint density at radius 2 is 0.558 bits per heavy atom. The Balaban J connectivity index is 3.10. The van der Waals surface area contributed by atoms with Crippen LogP contribution in [0.5, 0.6) is 0 Å². The standard InChI is InChI=1S/C36H70O16/c1-3-5-6-7-8-35(37)52-34-33-50-32-31-49-30-29-48-28-27-47-26-25-46-24-23-45-22-21-44-20-19-43-18-17-42-16-15-41-14-13-40-12-11-39-10-9-36(38)51-4-2/h3-34H2,1-2H3. The van der Waals surface area contributed by atoms with Crippen molar-refractivity contribution < 1.29 is 75.9 Å². The van der Waals surface area contributed by atoms with Crippen LogP contribution in [0.1, 0.15) is 52.4 Å². The molecule has 0 heterocycles. The molecule has 0 atom stereocenters. The first-order valence-corrected chi connectivity index (χ1v) is 18.9. The van der Waals surface area contributed by atoms with Gasteiger partial charge in [0.25, 0.3) is 0 Å². The number of carbonyl (C=O) groups is 2. The van der Waals surface area contributed by atoms with Gasteiger partial charge in [-0.3, -0.25) is 9.59 Å². The van der Waals surface area contributed by atoms with E-state index in [9.17, 15) is 9.59 Å². The summed E-state index contributed by atoms with van der Waals surface area (Å²) in [6.07, 6.45) is 4.99. The smallest absolute Gasteiger partial charge is 0.308 e. The SMILES string of the molecule is CCCCCCC(=O)OCCOCCOCCOCCOCCOCCOCCOCCOCCOCCOCCOCCOCCC(=O)OCC. The van der Waals surface area contributed by atoms with Gasteiger partial charge in [0.1, 0.15) is 6.61 Å². The van der Waals surface area contributed by atoms with Crippen molar-refractivity contribution in [1.29, 1.82) is 0 Å². The van der Waals surface area contributed by atoms with E-state index in [1.54, 1.807) is 6.92 Å². The molecule has 16 nitrogen and oxygen atoms in total. The van der Waals surface area contributed by atoms with Crippen LogP contribution in [0.25, 0.3) is 0 Å². The number of esters is 2. The molecule has 0 unspecified atom stereocenters. The molecule has 0 aliphatic carbocycles. The van der Waals surface area contributed by atoms with Gasteiger partial charge < -0.3 is 66.3 Å². The summed E-state index contributed by atoms with van der Waals surface area (Å²) in [5, 5.41) is 0. The summed E-state index contributed by atoms with van der Waals surface area (Å²) in [4.78, 5) is 22.7. The second kappa shape index (κ2) is 45.6. The molecule has 0 N–H and O–H groups in total. The van der Waals surface area contributed by atoms with Crippen LogP contribution in [-0.2, 0) is 75.9 Å². The Morgan fingerprint density at radius 3 is 0.846 bits per heavy atom. The van der Waals surface area contributed by atoms with Crippen LogP contribution in [0, 0.1) is 0 Å². The highest BCUT2D eigenvalue weighted by Crippen LogP contribution is 2.03. The molecule has 0 saturated heterocycles. The number of carbonyl (C=O) groups excluding carboxylic acids is 2. The lowest BCUT2D eigenvalue weighted by Crippen LogP contribution is -2.16. The molecule has 16 heteroatoms. The van der Waals surface area contributed by atoms with Crippen molar-refractivity contribution in [3.05, 3.63) is 0 Å². The average Bonchev–Trinajstić information content (AvgIpc) is 3.14. The molecular formula is C36H70O16. The summed E-state index contributed by atoms with van der Waals surface area (Å²) in [7, 11) is 0. The second-order valence-corrected chi connectivity index (χ2v) is 10.9. The molecule has 0 aromatic carbocycles. The fraction of sp³-hybridized carbons (Fsp3) is 0.944. The van der Waals surface area contributed by atoms with E-state index < -0.39 is 0 Å². The largest absolute Gasteiger partial charge is 0.466 e. The molecule has 0 aromatic rings. The van der Waals surface area contributed by atoms with Gasteiger partial charge in [-0.2, -0.15) is 0 Å². The van der Waals surface area contributed by atoms with Crippen molar-refractivity contribution in [3.8, 4) is 0 Å². The number of hydrogen-bond donors (Lipinski definition) is 0. The van der Waals surface area contributed by atoms with E-state index in [2.05, 4.69) is 6.92 Å². The van der Waals surface area contributed by atoms with Gasteiger partial charge in [0.15, 0.2) is 0 Å². The van der Waals surface area contributed by atoms with E-state index >= 15 is 0 Å². The van der Waals surface area contributed by atoms with Gasteiger partial charge in [-0.15, -0.1) is 0 Å². The summed E-state index contributed by atoms with van der Waals surface area (Å²) < 4.78 is 75.2. The zero-order valence-electron chi connectivity index (χ0n) is 32.2. The zero-order chi connectivity index (χ0) is 37.7. The van der Waals surface area contributed by atoms with Crippen molar-refractivity contribution >= 4 is 11.9 Å². The van der Waals surface area contributed by atoms with Gasteiger partial charge in [0.05, 0.1) is 172 Å². The Morgan fingerprint density at radius 1 is 0.288 bits per heavy atom. The zero-order valence-corrected chi connectivity index (χ0v) is 32.2. The Labute approximate surface area is 311 Å². The van der Waals surface area contributed by atoms with Crippen molar-refractivity contribution in [2.45, 2.75) is 52.4 Å². The molecule has 0 saturated carbocycles. The molecule has 0 amide bonds. The van der Waals surface area contributed by atoms with Gasteiger partial charge in [-0.25, -0.2) is 0 Å². The van der Waals surface area contributed by atoms with Crippen LogP contribution in [0.2, 0.25) is 0 Å². The Hall–Kier alpha value is -1.54. The van der Waals surface area contributed by atoms with Crippen molar-refractivity contribution in [1.82, 2.24) is 0 Å². The maximum atomic E-state index is 11.6. The van der Waals surface area contributed by atoms with Crippen LogP contribution < -0.4 is 0 Å². The minimum atomic E-state index is -0.254. The third-order valence-corrected chi connectivity index (χ3v) is 6.57. The van der Waals surface area contributed by atoms with Crippen molar-refractivity contribution in [3.63, 3.8) is 0 Å². The summed E-state index contributed by atoms with van der Waals surface area (Å²) >= 11 is 0. The molecule has 0 aromatic heterocycles. The van der Waals surface area contributed by atoms with Crippen LogP contribution in [-0.4, -0.2) is 184 Å². The van der Waals surface area contributed by atoms with Gasteiger partial charge in [-0.05, 0) is 13.3 Å².